The van der Waals surface area contributed by atoms with E-state index in [0.717, 1.165) is 0 Å². The van der Waals surface area contributed by atoms with Gasteiger partial charge in [0.05, 0.1) is 11.4 Å². The van der Waals surface area contributed by atoms with Crippen LogP contribution >= 0.6 is 11.3 Å². The molecule has 4 N–H and O–H groups in total. The number of aromatic nitrogens is 2. The average molecular weight is 411 g/mol. The van der Waals surface area contributed by atoms with Crippen LogP contribution in [0.2, 0.25) is 0 Å². The Morgan fingerprint density at radius 1 is 0.893 bits per heavy atom. The zero-order valence-corrected chi connectivity index (χ0v) is 18.1. The standard InChI is InChI=1S/2C6H7FN2.C5H6S.2C2H6/c7-5-2-1-3-9-6(5)4-8;7-6-3-1-2-5(4-8)9-6;1-5-3-2-4-6-5;2*1-2/h2*1-3H,4,8H2;2-4H,1H3;2*1-2H3. The first-order valence-electron chi connectivity index (χ1n) is 9.18. The highest BCUT2D eigenvalue weighted by Gasteiger charge is 1.96. The highest BCUT2D eigenvalue weighted by molar-refractivity contribution is 7.09. The average Bonchev–Trinajstić information content (AvgIpc) is 3.23. The largest absolute Gasteiger partial charge is 0.325 e. The van der Waals surface area contributed by atoms with Crippen LogP contribution in [-0.4, -0.2) is 9.97 Å². The molecule has 3 aromatic rings. The molecule has 0 aromatic carbocycles. The normalized spacial score (nSPS) is 8.46. The lowest BCUT2D eigenvalue weighted by Gasteiger charge is -1.93. The molecule has 0 bridgehead atoms. The maximum absolute atomic E-state index is 12.4. The Morgan fingerprint density at radius 2 is 1.57 bits per heavy atom. The van der Waals surface area contributed by atoms with Gasteiger partial charge >= 0.3 is 0 Å². The summed E-state index contributed by atoms with van der Waals surface area (Å²) in [6, 6.07) is 11.6. The minimum Gasteiger partial charge on any atom is -0.325 e. The molecule has 28 heavy (non-hydrogen) atoms. The summed E-state index contributed by atoms with van der Waals surface area (Å²) in [4.78, 5) is 8.58. The Kier molecular flexibility index (Phi) is 19.5. The summed E-state index contributed by atoms with van der Waals surface area (Å²) in [7, 11) is 0. The van der Waals surface area contributed by atoms with E-state index in [0.29, 0.717) is 11.4 Å². The maximum atomic E-state index is 12.4. The van der Waals surface area contributed by atoms with E-state index >= 15 is 0 Å². The first kappa shape index (κ1) is 28.0. The second kappa shape index (κ2) is 19.5. The Balaban J connectivity index is 0. The fourth-order valence-corrected chi connectivity index (χ4v) is 2.02. The number of aryl methyl sites for hydroxylation is 1. The molecule has 0 amide bonds. The molecule has 0 fully saturated rings. The van der Waals surface area contributed by atoms with E-state index in [9.17, 15) is 8.78 Å². The van der Waals surface area contributed by atoms with Crippen LogP contribution in [0.1, 0.15) is 44.0 Å². The van der Waals surface area contributed by atoms with Crippen LogP contribution in [0.15, 0.2) is 54.0 Å². The van der Waals surface area contributed by atoms with Gasteiger partial charge in [-0.1, -0.05) is 39.8 Å². The molecule has 3 aromatic heterocycles. The van der Waals surface area contributed by atoms with Gasteiger partial charge in [0.1, 0.15) is 5.82 Å². The van der Waals surface area contributed by atoms with Gasteiger partial charge in [-0.25, -0.2) is 9.37 Å². The van der Waals surface area contributed by atoms with E-state index in [1.54, 1.807) is 23.5 Å². The van der Waals surface area contributed by atoms with Gasteiger partial charge in [0.15, 0.2) is 0 Å². The predicted octanol–water partition coefficient (Wildman–Crippen LogP) is 5.47. The molecule has 4 nitrogen and oxygen atoms in total. The van der Waals surface area contributed by atoms with Crippen molar-refractivity contribution >= 4 is 11.3 Å². The summed E-state index contributed by atoms with van der Waals surface area (Å²) in [6.45, 7) is 10.6. The number of rotatable bonds is 2. The summed E-state index contributed by atoms with van der Waals surface area (Å²) in [6.07, 6.45) is 1.52. The molecule has 0 atom stereocenters. The third kappa shape index (κ3) is 13.9. The van der Waals surface area contributed by atoms with Crippen LogP contribution in [0.3, 0.4) is 0 Å². The van der Waals surface area contributed by atoms with Gasteiger partial charge in [-0.2, -0.15) is 4.39 Å². The number of pyridine rings is 2. The summed E-state index contributed by atoms with van der Waals surface area (Å²) in [5.41, 5.74) is 11.2. The van der Waals surface area contributed by atoms with Gasteiger partial charge < -0.3 is 11.5 Å². The van der Waals surface area contributed by atoms with Gasteiger partial charge in [-0.15, -0.1) is 11.3 Å². The van der Waals surface area contributed by atoms with E-state index < -0.39 is 5.95 Å². The number of hydrogen-bond donors (Lipinski definition) is 2. The highest BCUT2D eigenvalue weighted by atomic mass is 32.1. The van der Waals surface area contributed by atoms with E-state index in [2.05, 4.69) is 34.4 Å². The molecule has 0 aliphatic rings. The molecule has 0 saturated heterocycles. The van der Waals surface area contributed by atoms with Gasteiger partial charge in [0.25, 0.3) is 0 Å². The van der Waals surface area contributed by atoms with Crippen LogP contribution in [0.4, 0.5) is 8.78 Å². The van der Waals surface area contributed by atoms with Gasteiger partial charge in [-0.3, -0.25) is 4.98 Å². The van der Waals surface area contributed by atoms with Crippen molar-refractivity contribution in [3.8, 4) is 0 Å². The predicted molar refractivity (Wildman–Crippen MR) is 116 cm³/mol. The quantitative estimate of drug-likeness (QED) is 0.549. The number of halogens is 2. The van der Waals surface area contributed by atoms with Crippen molar-refractivity contribution in [3.63, 3.8) is 0 Å². The SMILES string of the molecule is CC.CC.Cc1cccs1.NCc1cccc(F)n1.NCc1ncccc1F. The smallest absolute Gasteiger partial charge is 0.213 e. The molecule has 3 rings (SSSR count). The molecule has 156 valence electrons. The monoisotopic (exact) mass is 410 g/mol. The molecule has 7 heteroatoms. The topological polar surface area (TPSA) is 77.8 Å². The summed E-state index contributed by atoms with van der Waals surface area (Å²) >= 11 is 1.78. The Morgan fingerprint density at radius 3 is 1.89 bits per heavy atom. The fraction of sp³-hybridized carbons (Fsp3) is 0.333. The van der Waals surface area contributed by atoms with Crippen molar-refractivity contribution in [2.24, 2.45) is 11.5 Å². The molecule has 0 aliphatic carbocycles. The van der Waals surface area contributed by atoms with Crippen molar-refractivity contribution in [1.82, 2.24) is 9.97 Å². The highest BCUT2D eigenvalue weighted by Crippen LogP contribution is 2.03. The minimum absolute atomic E-state index is 0.159. The van der Waals surface area contributed by atoms with Gasteiger partial charge in [0, 0.05) is 24.2 Å². The molecule has 0 saturated carbocycles. The lowest BCUT2D eigenvalue weighted by Crippen LogP contribution is -2.01. The van der Waals surface area contributed by atoms with E-state index in [1.165, 1.54) is 29.3 Å². The zero-order valence-electron chi connectivity index (χ0n) is 17.3. The number of hydrogen-bond acceptors (Lipinski definition) is 5. The van der Waals surface area contributed by atoms with Crippen LogP contribution in [0.25, 0.3) is 0 Å². The van der Waals surface area contributed by atoms with Gasteiger partial charge in [0.2, 0.25) is 5.95 Å². The second-order valence-corrected chi connectivity index (χ2v) is 5.67. The lowest BCUT2D eigenvalue weighted by molar-refractivity contribution is 0.577. The van der Waals surface area contributed by atoms with Gasteiger partial charge in [-0.05, 0) is 42.6 Å². The van der Waals surface area contributed by atoms with E-state index in [1.807, 2.05) is 27.7 Å². The number of nitrogens with zero attached hydrogens (tertiary/aromatic N) is 2. The molecular weight excluding hydrogens is 378 g/mol. The molecular formula is C21H32F2N4S. The first-order valence-corrected chi connectivity index (χ1v) is 10.1. The van der Waals surface area contributed by atoms with Crippen LogP contribution in [0.5, 0.6) is 0 Å². The molecule has 0 radical (unpaired) electrons. The Labute approximate surface area is 171 Å². The molecule has 3 heterocycles. The van der Waals surface area contributed by atoms with Crippen molar-refractivity contribution in [2.45, 2.75) is 47.7 Å². The maximum Gasteiger partial charge on any atom is 0.213 e. The van der Waals surface area contributed by atoms with Crippen molar-refractivity contribution in [3.05, 3.63) is 82.1 Å². The third-order valence-electron chi connectivity index (χ3n) is 2.67. The second-order valence-electron chi connectivity index (χ2n) is 4.52. The molecule has 0 spiro atoms. The number of nitrogens with two attached hydrogens (primary N) is 2. The van der Waals surface area contributed by atoms with Crippen LogP contribution in [0, 0.1) is 18.7 Å². The van der Waals surface area contributed by atoms with Crippen LogP contribution in [-0.2, 0) is 13.1 Å². The lowest BCUT2D eigenvalue weighted by atomic mass is 10.3. The molecule has 0 aliphatic heterocycles. The third-order valence-corrected chi connectivity index (χ3v) is 3.47. The Bertz CT molecular complexity index is 707. The van der Waals surface area contributed by atoms with Crippen molar-refractivity contribution < 1.29 is 8.78 Å². The van der Waals surface area contributed by atoms with Crippen molar-refractivity contribution in [2.75, 3.05) is 0 Å². The summed E-state index contributed by atoms with van der Waals surface area (Å²) < 4.78 is 24.6. The fourth-order valence-electron chi connectivity index (χ4n) is 1.49. The minimum atomic E-state index is -0.474. The van der Waals surface area contributed by atoms with E-state index in [-0.39, 0.29) is 18.9 Å². The zero-order chi connectivity index (χ0) is 21.8. The number of thiophene rings is 1. The van der Waals surface area contributed by atoms with E-state index in [4.69, 9.17) is 11.5 Å². The van der Waals surface area contributed by atoms with Crippen LogP contribution < -0.4 is 11.5 Å². The summed E-state index contributed by atoms with van der Waals surface area (Å²) in [5.74, 6) is -0.807. The first-order chi connectivity index (χ1) is 13.6. The molecule has 0 unspecified atom stereocenters. The Hall–Kier alpha value is -2.22. The summed E-state index contributed by atoms with van der Waals surface area (Å²) in [5, 5.41) is 2.08. The van der Waals surface area contributed by atoms with Crippen molar-refractivity contribution in [1.29, 1.82) is 0 Å².